The molecule has 0 saturated heterocycles. The second-order valence-electron chi connectivity index (χ2n) is 3.80. The summed E-state index contributed by atoms with van der Waals surface area (Å²) in [5.74, 6) is 1.43. The molecular weight excluding hydrogens is 162 g/mol. The highest BCUT2D eigenvalue weighted by atomic mass is 15.1. The molecule has 1 aliphatic carbocycles. The summed E-state index contributed by atoms with van der Waals surface area (Å²) in [6.07, 6.45) is 8.26. The first-order valence-corrected chi connectivity index (χ1v) is 4.92. The summed E-state index contributed by atoms with van der Waals surface area (Å²) < 4.78 is 0. The summed E-state index contributed by atoms with van der Waals surface area (Å²) in [5.41, 5.74) is 6.89. The highest BCUT2D eigenvalue weighted by molar-refractivity contribution is 5.36. The van der Waals surface area contributed by atoms with Crippen molar-refractivity contribution in [3.8, 4) is 0 Å². The van der Waals surface area contributed by atoms with Crippen LogP contribution in [-0.4, -0.2) is 10.2 Å². The molecule has 0 aliphatic heterocycles. The minimum Gasteiger partial charge on any atom is -0.382 e. The molecule has 70 valence electrons. The Morgan fingerprint density at radius 1 is 1.38 bits per heavy atom. The van der Waals surface area contributed by atoms with E-state index in [2.05, 4.69) is 10.2 Å². The van der Waals surface area contributed by atoms with Gasteiger partial charge in [-0.2, -0.15) is 5.10 Å². The lowest BCUT2D eigenvalue weighted by atomic mass is 9.99. The number of hydrogen-bond acceptors (Lipinski definition) is 3. The topological polar surface area (TPSA) is 51.8 Å². The molecule has 0 bridgehead atoms. The minimum atomic E-state index is 0.606. The molecule has 1 aromatic rings. The highest BCUT2D eigenvalue weighted by Gasteiger charge is 2.16. The maximum atomic E-state index is 5.73. The molecule has 1 aromatic heterocycles. The van der Waals surface area contributed by atoms with Gasteiger partial charge in [0.25, 0.3) is 0 Å². The van der Waals surface area contributed by atoms with E-state index in [4.69, 9.17) is 5.73 Å². The maximum absolute atomic E-state index is 5.73. The lowest BCUT2D eigenvalue weighted by Crippen LogP contribution is -2.04. The number of rotatable bonds is 2. The first-order valence-electron chi connectivity index (χ1n) is 4.92. The number of nitrogens with zero attached hydrogens (tertiary/aromatic N) is 2. The summed E-state index contributed by atoms with van der Waals surface area (Å²) in [6.45, 7) is 0. The van der Waals surface area contributed by atoms with Crippen molar-refractivity contribution in [3.63, 3.8) is 0 Å². The van der Waals surface area contributed by atoms with Gasteiger partial charge in [0.2, 0.25) is 0 Å². The molecule has 2 N–H and O–H groups in total. The van der Waals surface area contributed by atoms with Gasteiger partial charge < -0.3 is 5.73 Å². The third-order valence-electron chi connectivity index (χ3n) is 2.82. The van der Waals surface area contributed by atoms with Gasteiger partial charge in [-0.3, -0.25) is 0 Å². The number of anilines is 1. The molecule has 1 heterocycles. The quantitative estimate of drug-likeness (QED) is 0.749. The van der Waals surface area contributed by atoms with Gasteiger partial charge in [0.15, 0.2) is 0 Å². The fraction of sp³-hybridized carbons (Fsp3) is 0.600. The Morgan fingerprint density at radius 2 is 2.15 bits per heavy atom. The Morgan fingerprint density at radius 3 is 2.85 bits per heavy atom. The molecule has 0 radical (unpaired) electrons. The van der Waals surface area contributed by atoms with E-state index in [1.54, 1.807) is 6.20 Å². The smallest absolute Gasteiger partial charge is 0.149 e. The number of hydrogen-bond donors (Lipinski definition) is 1. The van der Waals surface area contributed by atoms with E-state index in [0.29, 0.717) is 5.82 Å². The Balaban J connectivity index is 2.04. The molecule has 13 heavy (non-hydrogen) atoms. The zero-order valence-corrected chi connectivity index (χ0v) is 7.74. The SMILES string of the molecule is Nc1nnccc1CC1CCCC1. The van der Waals surface area contributed by atoms with Gasteiger partial charge in [-0.05, 0) is 24.0 Å². The molecule has 1 fully saturated rings. The molecule has 0 spiro atoms. The first kappa shape index (κ1) is 8.48. The van der Waals surface area contributed by atoms with Crippen LogP contribution in [0, 0.1) is 5.92 Å². The zero-order chi connectivity index (χ0) is 9.10. The number of nitrogens with two attached hydrogens (primary N) is 1. The fourth-order valence-corrected chi connectivity index (χ4v) is 2.07. The van der Waals surface area contributed by atoms with Crippen molar-refractivity contribution in [2.24, 2.45) is 5.92 Å². The lowest BCUT2D eigenvalue weighted by molar-refractivity contribution is 0.546. The Labute approximate surface area is 78.4 Å². The standard InChI is InChI=1S/C10H15N3/c11-10-9(5-6-12-13-10)7-8-3-1-2-4-8/h5-6,8H,1-4,7H2,(H2,11,13). The van der Waals surface area contributed by atoms with E-state index in [0.717, 1.165) is 12.3 Å². The summed E-state index contributed by atoms with van der Waals surface area (Å²) in [4.78, 5) is 0. The van der Waals surface area contributed by atoms with Gasteiger partial charge in [0.05, 0.1) is 6.20 Å². The average molecular weight is 177 g/mol. The predicted molar refractivity (Wildman–Crippen MR) is 52.1 cm³/mol. The molecule has 0 atom stereocenters. The lowest BCUT2D eigenvalue weighted by Gasteiger charge is -2.09. The van der Waals surface area contributed by atoms with Gasteiger partial charge in [-0.25, -0.2) is 0 Å². The minimum absolute atomic E-state index is 0.606. The van der Waals surface area contributed by atoms with Crippen molar-refractivity contribution in [2.45, 2.75) is 32.1 Å². The normalized spacial score (nSPS) is 17.8. The molecule has 0 amide bonds. The van der Waals surface area contributed by atoms with Gasteiger partial charge >= 0.3 is 0 Å². The molecule has 0 aromatic carbocycles. The Hall–Kier alpha value is -1.12. The predicted octanol–water partition coefficient (Wildman–Crippen LogP) is 1.79. The number of nitrogen functional groups attached to an aromatic ring is 1. The molecule has 1 aliphatic rings. The molecule has 2 rings (SSSR count). The summed E-state index contributed by atoms with van der Waals surface area (Å²) in [6, 6.07) is 1.99. The van der Waals surface area contributed by atoms with Crippen LogP contribution in [0.3, 0.4) is 0 Å². The summed E-state index contributed by atoms with van der Waals surface area (Å²) in [5, 5.41) is 7.59. The molecule has 1 saturated carbocycles. The largest absolute Gasteiger partial charge is 0.382 e. The van der Waals surface area contributed by atoms with Crippen LogP contribution in [-0.2, 0) is 6.42 Å². The van der Waals surface area contributed by atoms with Gasteiger partial charge in [-0.15, -0.1) is 5.10 Å². The van der Waals surface area contributed by atoms with Gasteiger partial charge in [-0.1, -0.05) is 25.7 Å². The van der Waals surface area contributed by atoms with Gasteiger partial charge in [0.1, 0.15) is 5.82 Å². The first-order chi connectivity index (χ1) is 6.36. The number of aromatic nitrogens is 2. The van der Waals surface area contributed by atoms with Crippen molar-refractivity contribution in [1.82, 2.24) is 10.2 Å². The summed E-state index contributed by atoms with van der Waals surface area (Å²) >= 11 is 0. The van der Waals surface area contributed by atoms with E-state index in [1.165, 1.54) is 31.2 Å². The highest BCUT2D eigenvalue weighted by Crippen LogP contribution is 2.28. The summed E-state index contributed by atoms with van der Waals surface area (Å²) in [7, 11) is 0. The van der Waals surface area contributed by atoms with Crippen LogP contribution in [0.25, 0.3) is 0 Å². The van der Waals surface area contributed by atoms with Crippen LogP contribution in [0.1, 0.15) is 31.2 Å². The van der Waals surface area contributed by atoms with E-state index in [9.17, 15) is 0 Å². The molecule has 0 unspecified atom stereocenters. The van der Waals surface area contributed by atoms with E-state index in [-0.39, 0.29) is 0 Å². The average Bonchev–Trinajstić information content (AvgIpc) is 2.61. The molecule has 3 heteroatoms. The molecular formula is C10H15N3. The Kier molecular flexibility index (Phi) is 2.43. The van der Waals surface area contributed by atoms with Crippen LogP contribution < -0.4 is 5.73 Å². The van der Waals surface area contributed by atoms with Crippen LogP contribution in [0.5, 0.6) is 0 Å². The Bertz CT molecular complexity index is 279. The second-order valence-corrected chi connectivity index (χ2v) is 3.80. The van der Waals surface area contributed by atoms with E-state index >= 15 is 0 Å². The van der Waals surface area contributed by atoms with E-state index < -0.39 is 0 Å². The van der Waals surface area contributed by atoms with Crippen LogP contribution >= 0.6 is 0 Å². The van der Waals surface area contributed by atoms with Crippen LogP contribution in [0.15, 0.2) is 12.3 Å². The van der Waals surface area contributed by atoms with Crippen molar-refractivity contribution in [1.29, 1.82) is 0 Å². The monoisotopic (exact) mass is 177 g/mol. The van der Waals surface area contributed by atoms with Crippen molar-refractivity contribution < 1.29 is 0 Å². The zero-order valence-electron chi connectivity index (χ0n) is 7.74. The second kappa shape index (κ2) is 3.73. The van der Waals surface area contributed by atoms with Crippen LogP contribution in [0.4, 0.5) is 5.82 Å². The molecule has 3 nitrogen and oxygen atoms in total. The van der Waals surface area contributed by atoms with E-state index in [1.807, 2.05) is 6.07 Å². The van der Waals surface area contributed by atoms with Crippen molar-refractivity contribution in [2.75, 3.05) is 5.73 Å². The van der Waals surface area contributed by atoms with Gasteiger partial charge in [0, 0.05) is 0 Å². The third-order valence-corrected chi connectivity index (χ3v) is 2.82. The maximum Gasteiger partial charge on any atom is 0.149 e. The third kappa shape index (κ3) is 1.97. The van der Waals surface area contributed by atoms with Crippen molar-refractivity contribution in [3.05, 3.63) is 17.8 Å². The fourth-order valence-electron chi connectivity index (χ4n) is 2.07. The van der Waals surface area contributed by atoms with Crippen molar-refractivity contribution >= 4 is 5.82 Å². The van der Waals surface area contributed by atoms with Crippen LogP contribution in [0.2, 0.25) is 0 Å².